The van der Waals surface area contributed by atoms with Gasteiger partial charge in [0.25, 0.3) is 11.8 Å². The molecule has 9 heteroatoms. The highest BCUT2D eigenvalue weighted by Gasteiger charge is 2.41. The van der Waals surface area contributed by atoms with E-state index < -0.39 is 0 Å². The van der Waals surface area contributed by atoms with Crippen LogP contribution in [-0.2, 0) is 6.54 Å². The second kappa shape index (κ2) is 13.9. The summed E-state index contributed by atoms with van der Waals surface area (Å²) in [5, 5.41) is 6.40. The van der Waals surface area contributed by atoms with Crippen molar-refractivity contribution in [2.24, 2.45) is 0 Å². The van der Waals surface area contributed by atoms with E-state index in [1.54, 1.807) is 7.11 Å². The van der Waals surface area contributed by atoms with Crippen LogP contribution in [0.25, 0.3) is 33.8 Å². The van der Waals surface area contributed by atoms with Crippen molar-refractivity contribution in [1.29, 1.82) is 0 Å². The van der Waals surface area contributed by atoms with Crippen LogP contribution in [0.5, 0.6) is 5.75 Å². The predicted molar refractivity (Wildman–Crippen MR) is 207 cm³/mol. The van der Waals surface area contributed by atoms with Gasteiger partial charge in [-0.1, -0.05) is 39.2 Å². The Kier molecular flexibility index (Phi) is 9.28. The van der Waals surface area contributed by atoms with Crippen molar-refractivity contribution in [2.45, 2.75) is 128 Å². The van der Waals surface area contributed by atoms with Crippen molar-refractivity contribution >= 4 is 46.3 Å². The van der Waals surface area contributed by atoms with Crippen molar-refractivity contribution in [3.8, 4) is 17.0 Å². The lowest BCUT2D eigenvalue weighted by Gasteiger charge is -2.35. The maximum Gasteiger partial charge on any atom is 0.261 e. The van der Waals surface area contributed by atoms with E-state index in [0.717, 1.165) is 72.2 Å². The molecule has 0 radical (unpaired) electrons. The highest BCUT2D eigenvalue weighted by atomic mass is 32.2. The molecule has 2 atom stereocenters. The average Bonchev–Trinajstić information content (AvgIpc) is 3.76. The summed E-state index contributed by atoms with van der Waals surface area (Å²) in [6, 6.07) is 13.4. The number of carbonyl (C=O) groups is 2. The Labute approximate surface area is 306 Å². The fraction of sp³-hybridized carbons (Fsp3) is 0.500. The fourth-order valence-electron chi connectivity index (χ4n) is 9.37. The monoisotopic (exact) mass is 705 g/mol. The summed E-state index contributed by atoms with van der Waals surface area (Å²) in [7, 11) is 1.72. The summed E-state index contributed by atoms with van der Waals surface area (Å²) in [6.45, 7) is 8.99. The predicted octanol–water partition coefficient (Wildman–Crippen LogP) is 9.64. The van der Waals surface area contributed by atoms with Gasteiger partial charge in [-0.2, -0.15) is 5.10 Å². The van der Waals surface area contributed by atoms with Crippen LogP contribution in [0.4, 0.5) is 0 Å². The zero-order valence-corrected chi connectivity index (χ0v) is 31.5. The lowest BCUT2D eigenvalue weighted by atomic mass is 9.81. The van der Waals surface area contributed by atoms with Crippen LogP contribution < -0.4 is 9.46 Å². The smallest absolute Gasteiger partial charge is 0.261 e. The molecule has 3 aliphatic heterocycles. The fourth-order valence-corrected chi connectivity index (χ4v) is 9.84. The molecule has 4 aliphatic rings. The van der Waals surface area contributed by atoms with Crippen molar-refractivity contribution in [1.82, 2.24) is 24.0 Å². The number of hydrogen-bond acceptors (Lipinski definition) is 5. The van der Waals surface area contributed by atoms with Crippen LogP contribution in [0, 0.1) is 0 Å². The molecule has 2 aromatic heterocycles. The number of nitrogens with one attached hydrogen (secondary N) is 1. The normalized spacial score (nSPS) is 20.4. The third kappa shape index (κ3) is 6.09. The molecule has 2 amide bonds. The number of amides is 2. The van der Waals surface area contributed by atoms with E-state index in [1.165, 1.54) is 54.3 Å². The number of ether oxygens (including phenoxy) is 1. The van der Waals surface area contributed by atoms with E-state index in [9.17, 15) is 9.59 Å². The molecule has 1 saturated carbocycles. The van der Waals surface area contributed by atoms with Gasteiger partial charge >= 0.3 is 0 Å². The van der Waals surface area contributed by atoms with Crippen LogP contribution in [0.2, 0.25) is 0 Å². The summed E-state index contributed by atoms with van der Waals surface area (Å²) in [4.78, 5) is 30.3. The molecule has 268 valence electrons. The number of carbonyl (C=O) groups excluding carboxylic acids is 2. The van der Waals surface area contributed by atoms with Gasteiger partial charge in [-0.05, 0) is 130 Å². The van der Waals surface area contributed by atoms with Gasteiger partial charge < -0.3 is 14.2 Å². The van der Waals surface area contributed by atoms with Crippen LogP contribution >= 0.6 is 11.9 Å². The van der Waals surface area contributed by atoms with E-state index in [4.69, 9.17) is 9.84 Å². The Morgan fingerprint density at radius 3 is 2.37 bits per heavy atom. The van der Waals surface area contributed by atoms with Gasteiger partial charge in [-0.15, -0.1) is 0 Å². The summed E-state index contributed by atoms with van der Waals surface area (Å²) in [5.74, 6) is 1.26. The van der Waals surface area contributed by atoms with Crippen LogP contribution in [0.3, 0.4) is 0 Å². The lowest BCUT2D eigenvalue weighted by molar-refractivity contribution is 0.0594. The third-order valence-electron chi connectivity index (χ3n) is 11.7. The number of nitrogens with zero attached hydrogens (tertiary/aromatic N) is 4. The van der Waals surface area contributed by atoms with Gasteiger partial charge in [0.05, 0.1) is 36.8 Å². The Bertz CT molecular complexity index is 2000. The number of benzene rings is 2. The van der Waals surface area contributed by atoms with Crippen LogP contribution in [0.15, 0.2) is 42.6 Å². The zero-order chi connectivity index (χ0) is 35.4. The second-order valence-corrected chi connectivity index (χ2v) is 17.0. The molecule has 8 nitrogen and oxygen atoms in total. The minimum absolute atomic E-state index is 0.0565. The number of piperidine rings is 1. The molecule has 5 heterocycles. The van der Waals surface area contributed by atoms with Gasteiger partial charge in [0.15, 0.2) is 0 Å². The summed E-state index contributed by atoms with van der Waals surface area (Å²) >= 11 is 1.44. The highest BCUT2D eigenvalue weighted by molar-refractivity contribution is 7.98. The van der Waals surface area contributed by atoms with E-state index in [0.29, 0.717) is 35.7 Å². The first-order valence-electron chi connectivity index (χ1n) is 19.1. The molecule has 8 rings (SSSR count). The van der Waals surface area contributed by atoms with Crippen molar-refractivity contribution < 1.29 is 14.3 Å². The molecular weight excluding hydrogens is 655 g/mol. The molecule has 0 spiro atoms. The van der Waals surface area contributed by atoms with Crippen LogP contribution in [-0.4, -0.2) is 55.5 Å². The Morgan fingerprint density at radius 2 is 1.67 bits per heavy atom. The van der Waals surface area contributed by atoms with E-state index in [2.05, 4.69) is 78.3 Å². The number of rotatable bonds is 8. The first kappa shape index (κ1) is 34.1. The highest BCUT2D eigenvalue weighted by Crippen LogP contribution is 2.48. The van der Waals surface area contributed by atoms with Gasteiger partial charge in [-0.3, -0.25) is 19.0 Å². The van der Waals surface area contributed by atoms with Crippen molar-refractivity contribution in [3.05, 3.63) is 70.5 Å². The van der Waals surface area contributed by atoms with Gasteiger partial charge in [0.1, 0.15) is 5.75 Å². The molecule has 51 heavy (non-hydrogen) atoms. The average molecular weight is 706 g/mol. The number of methoxy groups -OCH3 is 1. The largest absolute Gasteiger partial charge is 0.497 e. The molecule has 2 bridgehead atoms. The standard InChI is InChI=1S/C42H51N5O3S/c1-25(2)47-39(36(23-43-47)42(49)46-31-12-9-13-32(46)16-15-31)30-20-29-21-33(50-5)17-19-34(29)40-38(27-10-7-6-8-11-27)35-18-14-28(22-37(35)45(40)24-30)41(48)44-51-26(3)4/h14,17-23,25-27,31-32H,6-13,15-16,24H2,1-5H3,(H,44,48)/t31-,32-/m1/s1. The minimum atomic E-state index is -0.0816. The lowest BCUT2D eigenvalue weighted by Crippen LogP contribution is -2.44. The van der Waals surface area contributed by atoms with Gasteiger partial charge in [0.2, 0.25) is 0 Å². The molecule has 4 aromatic rings. The SMILES string of the molecule is COc1ccc2c(c1)C=C(c1c(C(=O)N3[C@@H]4CCC[C@@H]3CC4)cnn1C(C)C)Cn1c-2c(C2CCCCC2)c2ccc(C(=O)NSC(C)C)cc21. The molecule has 3 fully saturated rings. The van der Waals surface area contributed by atoms with E-state index in [-0.39, 0.29) is 23.1 Å². The molecule has 1 N–H and O–H groups in total. The van der Waals surface area contributed by atoms with Crippen LogP contribution in [0.1, 0.15) is 141 Å². The number of hydrogen-bond donors (Lipinski definition) is 1. The van der Waals surface area contributed by atoms with Crippen molar-refractivity contribution in [2.75, 3.05) is 7.11 Å². The molecule has 2 aromatic carbocycles. The second-order valence-electron chi connectivity index (χ2n) is 15.6. The molecule has 1 aliphatic carbocycles. The Hall–Kier alpha value is -3.98. The zero-order valence-electron chi connectivity index (χ0n) is 30.7. The maximum atomic E-state index is 14.7. The summed E-state index contributed by atoms with van der Waals surface area (Å²) < 4.78 is 13.3. The summed E-state index contributed by atoms with van der Waals surface area (Å²) in [5.41, 5.74) is 9.16. The van der Waals surface area contributed by atoms with E-state index >= 15 is 0 Å². The number of allylic oxidation sites excluding steroid dienone is 1. The third-order valence-corrected chi connectivity index (χ3v) is 12.5. The number of fused-ring (bicyclic) bond motifs is 7. The maximum absolute atomic E-state index is 14.7. The van der Waals surface area contributed by atoms with Gasteiger partial charge in [0, 0.05) is 45.4 Å². The Balaban J connectivity index is 1.35. The first-order chi connectivity index (χ1) is 24.7. The molecular formula is C42H51N5O3S. The minimum Gasteiger partial charge on any atom is -0.497 e. The van der Waals surface area contributed by atoms with E-state index in [1.807, 2.05) is 16.9 Å². The number of aromatic nitrogens is 3. The first-order valence-corrected chi connectivity index (χ1v) is 20.0. The molecule has 2 saturated heterocycles. The summed E-state index contributed by atoms with van der Waals surface area (Å²) in [6.07, 6.45) is 15.7. The van der Waals surface area contributed by atoms with Crippen molar-refractivity contribution in [3.63, 3.8) is 0 Å². The quantitative estimate of drug-likeness (QED) is 0.185. The topological polar surface area (TPSA) is 81.4 Å². The Morgan fingerprint density at radius 1 is 0.902 bits per heavy atom. The van der Waals surface area contributed by atoms with Gasteiger partial charge in [-0.25, -0.2) is 0 Å². The molecule has 0 unspecified atom stereocenters.